The number of aromatic nitrogens is 3. The first-order valence-electron chi connectivity index (χ1n) is 8.78. The van der Waals surface area contributed by atoms with Crippen molar-refractivity contribution in [2.24, 2.45) is 0 Å². The van der Waals surface area contributed by atoms with Gasteiger partial charge in [-0.15, -0.1) is 0 Å². The van der Waals surface area contributed by atoms with Gasteiger partial charge in [-0.3, -0.25) is 14.5 Å². The minimum atomic E-state index is -0.0236. The average molecular weight is 348 g/mol. The molecule has 0 saturated heterocycles. The first-order valence-corrected chi connectivity index (χ1v) is 8.78. The maximum Gasteiger partial charge on any atom is 0.257 e. The van der Waals surface area contributed by atoms with Gasteiger partial charge in [0.15, 0.2) is 0 Å². The zero-order chi connectivity index (χ0) is 18.5. The van der Waals surface area contributed by atoms with Crippen molar-refractivity contribution in [3.8, 4) is 0 Å². The van der Waals surface area contributed by atoms with Crippen LogP contribution in [-0.2, 0) is 13.0 Å². The Kier molecular flexibility index (Phi) is 5.46. The number of rotatable bonds is 6. The van der Waals surface area contributed by atoms with E-state index >= 15 is 0 Å². The minimum absolute atomic E-state index is 0.0236. The van der Waals surface area contributed by atoms with E-state index in [1.807, 2.05) is 69.7 Å². The van der Waals surface area contributed by atoms with Crippen LogP contribution in [0.5, 0.6) is 0 Å². The van der Waals surface area contributed by atoms with E-state index in [0.29, 0.717) is 12.1 Å². The van der Waals surface area contributed by atoms with E-state index in [1.54, 1.807) is 15.8 Å². The molecule has 0 fully saturated rings. The number of hydrogen-bond donors (Lipinski definition) is 0. The van der Waals surface area contributed by atoms with Crippen molar-refractivity contribution in [3.05, 3.63) is 83.4 Å². The second-order valence-electron chi connectivity index (χ2n) is 6.71. The molecule has 134 valence electrons. The van der Waals surface area contributed by atoms with Crippen LogP contribution >= 0.6 is 0 Å². The van der Waals surface area contributed by atoms with Crippen molar-refractivity contribution in [1.82, 2.24) is 19.7 Å². The Hall–Kier alpha value is -2.95. The van der Waals surface area contributed by atoms with Gasteiger partial charge >= 0.3 is 0 Å². The van der Waals surface area contributed by atoms with Crippen LogP contribution in [0.3, 0.4) is 0 Å². The van der Waals surface area contributed by atoms with Crippen LogP contribution in [0.2, 0.25) is 0 Å². The molecular weight excluding hydrogens is 324 g/mol. The summed E-state index contributed by atoms with van der Waals surface area (Å²) in [6.45, 7) is 4.74. The number of amides is 1. The summed E-state index contributed by atoms with van der Waals surface area (Å²) < 4.78 is 1.79. The van der Waals surface area contributed by atoms with Crippen LogP contribution in [0, 0.1) is 6.92 Å². The summed E-state index contributed by atoms with van der Waals surface area (Å²) in [6.07, 6.45) is 5.98. The summed E-state index contributed by atoms with van der Waals surface area (Å²) in [7, 11) is 1.83. The summed E-state index contributed by atoms with van der Waals surface area (Å²) in [4.78, 5) is 18.9. The molecule has 1 atom stereocenters. The first kappa shape index (κ1) is 17.9. The minimum Gasteiger partial charge on any atom is -0.339 e. The van der Waals surface area contributed by atoms with E-state index in [-0.39, 0.29) is 11.9 Å². The van der Waals surface area contributed by atoms with Gasteiger partial charge in [-0.1, -0.05) is 30.3 Å². The molecule has 0 aliphatic heterocycles. The maximum absolute atomic E-state index is 12.8. The molecule has 1 aromatic carbocycles. The van der Waals surface area contributed by atoms with Crippen LogP contribution in [0.15, 0.2) is 61.1 Å². The van der Waals surface area contributed by atoms with Gasteiger partial charge in [-0.2, -0.15) is 5.10 Å². The van der Waals surface area contributed by atoms with Gasteiger partial charge in [0.05, 0.1) is 18.3 Å². The Bertz CT molecular complexity index is 872. The third-order valence-electron chi connectivity index (χ3n) is 4.53. The fourth-order valence-electron chi connectivity index (χ4n) is 2.88. The molecule has 0 spiro atoms. The maximum atomic E-state index is 12.8. The van der Waals surface area contributed by atoms with Crippen molar-refractivity contribution in [3.63, 3.8) is 0 Å². The van der Waals surface area contributed by atoms with Gasteiger partial charge in [0.25, 0.3) is 5.91 Å². The van der Waals surface area contributed by atoms with E-state index in [2.05, 4.69) is 16.1 Å². The zero-order valence-corrected chi connectivity index (χ0v) is 15.5. The molecule has 0 N–H and O–H groups in total. The predicted octanol–water partition coefficient (Wildman–Crippen LogP) is 3.34. The van der Waals surface area contributed by atoms with Crippen LogP contribution in [-0.4, -0.2) is 38.7 Å². The van der Waals surface area contributed by atoms with Crippen molar-refractivity contribution < 1.29 is 4.79 Å². The number of carbonyl (C=O) groups excluding carboxylic acids is 1. The van der Waals surface area contributed by atoms with Crippen LogP contribution in [0.1, 0.15) is 34.1 Å². The Morgan fingerprint density at radius 3 is 2.73 bits per heavy atom. The number of pyridine rings is 1. The van der Waals surface area contributed by atoms with E-state index in [4.69, 9.17) is 0 Å². The van der Waals surface area contributed by atoms with Gasteiger partial charge in [-0.05, 0) is 37.1 Å². The van der Waals surface area contributed by atoms with E-state index in [1.165, 1.54) is 5.56 Å². The van der Waals surface area contributed by atoms with Crippen molar-refractivity contribution in [2.45, 2.75) is 32.9 Å². The van der Waals surface area contributed by atoms with Crippen molar-refractivity contribution >= 4 is 5.91 Å². The highest BCUT2D eigenvalue weighted by Crippen LogP contribution is 2.11. The van der Waals surface area contributed by atoms with Crippen LogP contribution < -0.4 is 0 Å². The molecule has 0 bridgehead atoms. The molecule has 0 aliphatic rings. The molecule has 0 unspecified atom stereocenters. The first-order chi connectivity index (χ1) is 12.5. The van der Waals surface area contributed by atoms with E-state index in [9.17, 15) is 4.79 Å². The van der Waals surface area contributed by atoms with E-state index < -0.39 is 0 Å². The zero-order valence-electron chi connectivity index (χ0n) is 15.5. The SMILES string of the molecule is Cc1ccnc(C[C@H](C)N(C)C(=O)c2cnn(Cc3ccccc3)c2)c1. The van der Waals surface area contributed by atoms with Gasteiger partial charge in [-0.25, -0.2) is 0 Å². The van der Waals surface area contributed by atoms with Crippen LogP contribution in [0.25, 0.3) is 0 Å². The highest BCUT2D eigenvalue weighted by Gasteiger charge is 2.19. The summed E-state index contributed by atoms with van der Waals surface area (Å²) in [5.74, 6) is -0.0236. The van der Waals surface area contributed by atoms with Gasteiger partial charge in [0.1, 0.15) is 0 Å². The molecule has 3 aromatic rings. The summed E-state index contributed by atoms with van der Waals surface area (Å²) in [6, 6.07) is 14.2. The van der Waals surface area contributed by atoms with Crippen LogP contribution in [0.4, 0.5) is 0 Å². The Balaban J connectivity index is 1.64. The number of likely N-dealkylation sites (N-methyl/N-ethyl adjacent to an activating group) is 1. The summed E-state index contributed by atoms with van der Waals surface area (Å²) >= 11 is 0. The predicted molar refractivity (Wildman–Crippen MR) is 102 cm³/mol. The molecule has 5 heteroatoms. The van der Waals surface area contributed by atoms with Gasteiger partial charge < -0.3 is 4.90 Å². The largest absolute Gasteiger partial charge is 0.339 e. The topological polar surface area (TPSA) is 51.0 Å². The fourth-order valence-corrected chi connectivity index (χ4v) is 2.88. The normalized spacial score (nSPS) is 12.0. The number of carbonyl (C=O) groups is 1. The fraction of sp³-hybridized carbons (Fsp3) is 0.286. The summed E-state index contributed by atoms with van der Waals surface area (Å²) in [5, 5.41) is 4.33. The molecule has 0 aliphatic carbocycles. The van der Waals surface area contributed by atoms with Crippen molar-refractivity contribution in [1.29, 1.82) is 0 Å². The lowest BCUT2D eigenvalue weighted by molar-refractivity contribution is 0.0743. The highest BCUT2D eigenvalue weighted by atomic mass is 16.2. The molecule has 26 heavy (non-hydrogen) atoms. The second kappa shape index (κ2) is 7.95. The van der Waals surface area contributed by atoms with Crippen molar-refractivity contribution in [2.75, 3.05) is 7.05 Å². The van der Waals surface area contributed by atoms with Gasteiger partial charge in [0.2, 0.25) is 0 Å². The smallest absolute Gasteiger partial charge is 0.257 e. The third kappa shape index (κ3) is 4.36. The molecule has 0 radical (unpaired) electrons. The Morgan fingerprint density at radius 2 is 2.00 bits per heavy atom. The number of hydrogen-bond acceptors (Lipinski definition) is 3. The number of nitrogens with zero attached hydrogens (tertiary/aromatic N) is 4. The average Bonchev–Trinajstić information content (AvgIpc) is 3.09. The Morgan fingerprint density at radius 1 is 1.23 bits per heavy atom. The van der Waals surface area contributed by atoms with Gasteiger partial charge in [0, 0.05) is 37.6 Å². The molecule has 1 amide bonds. The molecule has 2 aromatic heterocycles. The molecule has 0 saturated carbocycles. The summed E-state index contributed by atoms with van der Waals surface area (Å²) in [5.41, 5.74) is 3.93. The third-order valence-corrected chi connectivity index (χ3v) is 4.53. The second-order valence-corrected chi connectivity index (χ2v) is 6.71. The Labute approximate surface area is 154 Å². The lowest BCUT2D eigenvalue weighted by atomic mass is 10.1. The van der Waals surface area contributed by atoms with E-state index in [0.717, 1.165) is 17.7 Å². The standard InChI is InChI=1S/C21H24N4O/c1-16-9-10-22-20(11-16)12-17(2)24(3)21(26)19-13-23-25(15-19)14-18-7-5-4-6-8-18/h4-11,13,15,17H,12,14H2,1-3H3/t17-/m0/s1. The number of aryl methyl sites for hydroxylation is 1. The molecule has 5 nitrogen and oxygen atoms in total. The highest BCUT2D eigenvalue weighted by molar-refractivity contribution is 5.93. The number of benzene rings is 1. The molecule has 3 rings (SSSR count). The molecule has 2 heterocycles. The molecular formula is C21H24N4O. The monoisotopic (exact) mass is 348 g/mol. The quantitative estimate of drug-likeness (QED) is 0.686. The lowest BCUT2D eigenvalue weighted by Crippen LogP contribution is -2.36. The lowest BCUT2D eigenvalue weighted by Gasteiger charge is -2.24.